The van der Waals surface area contributed by atoms with E-state index in [2.05, 4.69) is 10.4 Å². The Morgan fingerprint density at radius 2 is 2.38 bits per heavy atom. The molecule has 0 spiro atoms. The molecule has 16 heavy (non-hydrogen) atoms. The summed E-state index contributed by atoms with van der Waals surface area (Å²) in [4.78, 5) is 11.6. The highest BCUT2D eigenvalue weighted by Gasteiger charge is 2.18. The molecule has 0 aliphatic carbocycles. The molecular weight excluding hydrogens is 204 g/mol. The number of rotatable bonds is 6. The Labute approximate surface area is 96.0 Å². The van der Waals surface area contributed by atoms with Gasteiger partial charge in [0.2, 0.25) is 5.91 Å². The van der Waals surface area contributed by atoms with E-state index in [4.69, 9.17) is 5.73 Å². The first-order valence-electron chi connectivity index (χ1n) is 5.66. The van der Waals surface area contributed by atoms with Crippen LogP contribution in [0, 0.1) is 5.92 Å². The van der Waals surface area contributed by atoms with Crippen molar-refractivity contribution in [2.45, 2.75) is 32.9 Å². The summed E-state index contributed by atoms with van der Waals surface area (Å²) in [6.07, 6.45) is 4.49. The van der Waals surface area contributed by atoms with Gasteiger partial charge in [-0.3, -0.25) is 9.48 Å². The van der Waals surface area contributed by atoms with Gasteiger partial charge in [-0.25, -0.2) is 0 Å². The van der Waals surface area contributed by atoms with Gasteiger partial charge >= 0.3 is 0 Å². The third kappa shape index (κ3) is 3.66. The highest BCUT2D eigenvalue weighted by atomic mass is 16.2. The minimum absolute atomic E-state index is 0.0819. The number of aromatic nitrogens is 2. The van der Waals surface area contributed by atoms with Gasteiger partial charge in [-0.1, -0.05) is 20.3 Å². The molecule has 5 nitrogen and oxygen atoms in total. The lowest BCUT2D eigenvalue weighted by molar-refractivity contribution is -0.123. The molecular formula is C11H20N4O. The largest absolute Gasteiger partial charge is 0.353 e. The lowest BCUT2D eigenvalue weighted by atomic mass is 9.99. The zero-order valence-corrected chi connectivity index (χ0v) is 9.89. The first kappa shape index (κ1) is 12.7. The van der Waals surface area contributed by atoms with Crippen molar-refractivity contribution in [2.75, 3.05) is 6.54 Å². The van der Waals surface area contributed by atoms with E-state index in [0.29, 0.717) is 13.1 Å². The predicted octanol–water partition coefficient (Wildman–Crippen LogP) is 0.373. The number of nitrogens with zero attached hydrogens (tertiary/aromatic N) is 2. The Hall–Kier alpha value is -1.36. The van der Waals surface area contributed by atoms with Gasteiger partial charge in [-0.2, -0.15) is 5.10 Å². The second kappa shape index (κ2) is 6.27. The van der Waals surface area contributed by atoms with Crippen LogP contribution in [0.2, 0.25) is 0 Å². The van der Waals surface area contributed by atoms with Gasteiger partial charge in [0, 0.05) is 18.9 Å². The van der Waals surface area contributed by atoms with Crippen LogP contribution in [-0.2, 0) is 11.3 Å². The van der Waals surface area contributed by atoms with Gasteiger partial charge in [-0.05, 0) is 12.0 Å². The summed E-state index contributed by atoms with van der Waals surface area (Å²) >= 11 is 0. The molecule has 1 heterocycles. The van der Waals surface area contributed by atoms with Gasteiger partial charge in [0.15, 0.2) is 0 Å². The molecule has 5 heteroatoms. The Morgan fingerprint density at radius 3 is 2.94 bits per heavy atom. The maximum atomic E-state index is 11.6. The van der Waals surface area contributed by atoms with Crippen molar-refractivity contribution in [2.24, 2.45) is 11.7 Å². The molecule has 1 aromatic heterocycles. The monoisotopic (exact) mass is 224 g/mol. The highest BCUT2D eigenvalue weighted by Crippen LogP contribution is 2.04. The van der Waals surface area contributed by atoms with Gasteiger partial charge in [-0.15, -0.1) is 0 Å². The van der Waals surface area contributed by atoms with Crippen molar-refractivity contribution >= 4 is 5.91 Å². The summed E-state index contributed by atoms with van der Waals surface area (Å²) in [5, 5.41) is 6.85. The normalized spacial score (nSPS) is 14.4. The fourth-order valence-corrected chi connectivity index (χ4v) is 1.36. The van der Waals surface area contributed by atoms with Crippen LogP contribution in [0.5, 0.6) is 0 Å². The number of hydrogen-bond acceptors (Lipinski definition) is 3. The lowest BCUT2D eigenvalue weighted by Crippen LogP contribution is -2.45. The molecule has 1 amide bonds. The zero-order valence-electron chi connectivity index (χ0n) is 9.89. The van der Waals surface area contributed by atoms with E-state index in [1.807, 2.05) is 26.1 Å². The summed E-state index contributed by atoms with van der Waals surface area (Å²) in [5.74, 6) is 0.131. The average molecular weight is 224 g/mol. The minimum Gasteiger partial charge on any atom is -0.353 e. The fourth-order valence-electron chi connectivity index (χ4n) is 1.36. The highest BCUT2D eigenvalue weighted by molar-refractivity contribution is 5.81. The van der Waals surface area contributed by atoms with Gasteiger partial charge in [0.1, 0.15) is 0 Å². The van der Waals surface area contributed by atoms with Crippen molar-refractivity contribution in [1.82, 2.24) is 15.1 Å². The van der Waals surface area contributed by atoms with Crippen LogP contribution in [-0.4, -0.2) is 28.3 Å². The summed E-state index contributed by atoms with van der Waals surface area (Å²) < 4.78 is 1.77. The van der Waals surface area contributed by atoms with E-state index in [1.54, 1.807) is 10.9 Å². The number of nitrogens with one attached hydrogen (secondary N) is 1. The molecule has 1 rings (SSSR count). The Kier molecular flexibility index (Phi) is 4.98. The quantitative estimate of drug-likeness (QED) is 0.733. The Bertz CT molecular complexity index is 310. The molecule has 0 saturated carbocycles. The van der Waals surface area contributed by atoms with Crippen LogP contribution >= 0.6 is 0 Å². The van der Waals surface area contributed by atoms with Crippen molar-refractivity contribution < 1.29 is 4.79 Å². The fraction of sp³-hybridized carbons (Fsp3) is 0.636. The standard InChI is InChI=1S/C11H20N4O/c1-3-9(2)10(12)11(16)13-6-8-15-7-4-5-14-15/h4-5,7,9-10H,3,6,8,12H2,1-2H3,(H,13,16)/t9-,10-/m0/s1. The van der Waals surface area contributed by atoms with Crippen molar-refractivity contribution in [3.63, 3.8) is 0 Å². The summed E-state index contributed by atoms with van der Waals surface area (Å²) in [6.45, 7) is 5.25. The minimum atomic E-state index is -0.414. The summed E-state index contributed by atoms with van der Waals surface area (Å²) in [6, 6.07) is 1.44. The van der Waals surface area contributed by atoms with Crippen LogP contribution in [0.4, 0.5) is 0 Å². The van der Waals surface area contributed by atoms with E-state index >= 15 is 0 Å². The summed E-state index contributed by atoms with van der Waals surface area (Å²) in [7, 11) is 0. The van der Waals surface area contributed by atoms with Crippen LogP contribution in [0.25, 0.3) is 0 Å². The van der Waals surface area contributed by atoms with Crippen LogP contribution in [0.1, 0.15) is 20.3 Å². The molecule has 0 aliphatic heterocycles. The van der Waals surface area contributed by atoms with Gasteiger partial charge in [0.05, 0.1) is 12.6 Å². The molecule has 0 unspecified atom stereocenters. The number of carbonyl (C=O) groups is 1. The zero-order chi connectivity index (χ0) is 12.0. The predicted molar refractivity (Wildman–Crippen MR) is 62.7 cm³/mol. The smallest absolute Gasteiger partial charge is 0.237 e. The molecule has 0 bridgehead atoms. The van der Waals surface area contributed by atoms with Crippen LogP contribution in [0.15, 0.2) is 18.5 Å². The molecule has 0 aliphatic rings. The Morgan fingerprint density at radius 1 is 1.62 bits per heavy atom. The SMILES string of the molecule is CC[C@H](C)[C@H](N)C(=O)NCCn1cccn1. The third-order valence-electron chi connectivity index (χ3n) is 2.76. The van der Waals surface area contributed by atoms with Crippen molar-refractivity contribution in [1.29, 1.82) is 0 Å². The van der Waals surface area contributed by atoms with E-state index in [-0.39, 0.29) is 11.8 Å². The molecule has 3 N–H and O–H groups in total. The average Bonchev–Trinajstić information content (AvgIpc) is 2.79. The molecule has 0 fully saturated rings. The third-order valence-corrected chi connectivity index (χ3v) is 2.76. The molecule has 0 saturated heterocycles. The number of hydrogen-bond donors (Lipinski definition) is 2. The molecule has 1 aromatic rings. The lowest BCUT2D eigenvalue weighted by Gasteiger charge is -2.17. The molecule has 90 valence electrons. The van der Waals surface area contributed by atoms with E-state index < -0.39 is 6.04 Å². The van der Waals surface area contributed by atoms with E-state index in [0.717, 1.165) is 6.42 Å². The Balaban J connectivity index is 2.24. The van der Waals surface area contributed by atoms with Gasteiger partial charge < -0.3 is 11.1 Å². The van der Waals surface area contributed by atoms with Crippen LogP contribution in [0.3, 0.4) is 0 Å². The second-order valence-electron chi connectivity index (χ2n) is 3.97. The van der Waals surface area contributed by atoms with E-state index in [9.17, 15) is 4.79 Å². The maximum Gasteiger partial charge on any atom is 0.237 e. The topological polar surface area (TPSA) is 72.9 Å². The second-order valence-corrected chi connectivity index (χ2v) is 3.97. The van der Waals surface area contributed by atoms with E-state index in [1.165, 1.54) is 0 Å². The molecule has 0 aromatic carbocycles. The number of carbonyl (C=O) groups excluding carboxylic acids is 1. The van der Waals surface area contributed by atoms with Crippen LogP contribution < -0.4 is 11.1 Å². The van der Waals surface area contributed by atoms with Crippen molar-refractivity contribution in [3.05, 3.63) is 18.5 Å². The summed E-state index contributed by atoms with van der Waals surface area (Å²) in [5.41, 5.74) is 5.80. The molecule has 0 radical (unpaired) electrons. The number of amides is 1. The number of nitrogens with two attached hydrogens (primary N) is 1. The maximum absolute atomic E-state index is 11.6. The van der Waals surface area contributed by atoms with Crippen molar-refractivity contribution in [3.8, 4) is 0 Å². The molecule has 2 atom stereocenters. The van der Waals surface area contributed by atoms with Gasteiger partial charge in [0.25, 0.3) is 0 Å². The first-order chi connectivity index (χ1) is 7.65. The first-order valence-corrected chi connectivity index (χ1v) is 5.66.